The van der Waals surface area contributed by atoms with Crippen LogP contribution in [0.5, 0.6) is 0 Å². The van der Waals surface area contributed by atoms with Crippen molar-refractivity contribution in [3.8, 4) is 11.4 Å². The highest BCUT2D eigenvalue weighted by molar-refractivity contribution is 7.71. The third-order valence-electron chi connectivity index (χ3n) is 4.51. The van der Waals surface area contributed by atoms with Crippen molar-refractivity contribution in [3.05, 3.63) is 29.3 Å². The van der Waals surface area contributed by atoms with E-state index >= 15 is 0 Å². The maximum atomic E-state index is 5.40. The number of nitrogens with one attached hydrogen (secondary N) is 1. The first kappa shape index (κ1) is 11.3. The average Bonchev–Trinajstić information content (AvgIpc) is 3.32. The second-order valence-corrected chi connectivity index (χ2v) is 6.20. The first-order valence-corrected chi connectivity index (χ1v) is 7.25. The first-order valence-electron chi connectivity index (χ1n) is 6.84. The van der Waals surface area contributed by atoms with Crippen LogP contribution in [0.25, 0.3) is 11.4 Å². The molecule has 1 N–H and O–H groups in total. The minimum atomic E-state index is 0.518. The van der Waals surface area contributed by atoms with Gasteiger partial charge in [0, 0.05) is 24.5 Å². The number of aromatic amines is 1. The van der Waals surface area contributed by atoms with Crippen molar-refractivity contribution in [1.82, 2.24) is 19.7 Å². The number of hydrogen-bond acceptors (Lipinski definition) is 3. The van der Waals surface area contributed by atoms with Crippen molar-refractivity contribution in [3.63, 3.8) is 0 Å². The van der Waals surface area contributed by atoms with Crippen LogP contribution in [0.2, 0.25) is 0 Å². The van der Waals surface area contributed by atoms with Crippen LogP contribution in [0, 0.1) is 16.1 Å². The molecule has 0 saturated heterocycles. The summed E-state index contributed by atoms with van der Waals surface area (Å²) < 4.78 is 2.91. The molecule has 2 heterocycles. The average molecular weight is 272 g/mol. The molecule has 5 heteroatoms. The van der Waals surface area contributed by atoms with E-state index in [1.165, 1.54) is 25.7 Å². The van der Waals surface area contributed by atoms with Gasteiger partial charge in [-0.15, -0.1) is 0 Å². The third kappa shape index (κ3) is 1.92. The molecule has 0 amide bonds. The predicted octanol–water partition coefficient (Wildman–Crippen LogP) is 3.19. The second-order valence-electron chi connectivity index (χ2n) is 5.81. The number of H-pyrrole nitrogens is 1. The lowest BCUT2D eigenvalue weighted by Crippen LogP contribution is -2.15. The molecule has 0 radical (unpaired) electrons. The van der Waals surface area contributed by atoms with Gasteiger partial charge < -0.3 is 0 Å². The maximum Gasteiger partial charge on any atom is 0.195 e. The fourth-order valence-electron chi connectivity index (χ4n) is 3.05. The Balaban J connectivity index is 1.72. The molecule has 98 valence electrons. The van der Waals surface area contributed by atoms with Crippen molar-refractivity contribution in [2.45, 2.75) is 32.2 Å². The molecule has 0 aromatic carbocycles. The lowest BCUT2D eigenvalue weighted by Gasteiger charge is -2.16. The van der Waals surface area contributed by atoms with E-state index in [1.807, 2.05) is 12.1 Å². The quantitative estimate of drug-likeness (QED) is 0.869. The number of rotatable bonds is 4. The molecule has 2 aromatic heterocycles. The number of nitrogens with zero attached hydrogens (tertiary/aromatic N) is 3. The Kier molecular flexibility index (Phi) is 2.39. The van der Waals surface area contributed by atoms with E-state index in [0.717, 1.165) is 28.6 Å². The van der Waals surface area contributed by atoms with Gasteiger partial charge in [0.1, 0.15) is 0 Å². The van der Waals surface area contributed by atoms with Gasteiger partial charge in [-0.05, 0) is 61.4 Å². The summed E-state index contributed by atoms with van der Waals surface area (Å²) in [4.78, 5) is 4.06. The van der Waals surface area contributed by atoms with Crippen LogP contribution in [0.1, 0.15) is 25.7 Å². The minimum Gasteiger partial charge on any atom is -0.300 e. The molecule has 0 aliphatic heterocycles. The molecule has 0 bridgehead atoms. The van der Waals surface area contributed by atoms with Gasteiger partial charge in [-0.25, -0.2) is 0 Å². The SMILES string of the molecule is S=c1[nH]nc(-c2ccncc2)n1CC1(C2CC2)CC1. The van der Waals surface area contributed by atoms with Gasteiger partial charge in [-0.2, -0.15) is 5.10 Å². The summed E-state index contributed by atoms with van der Waals surface area (Å²) in [7, 11) is 0. The van der Waals surface area contributed by atoms with Crippen LogP contribution < -0.4 is 0 Å². The van der Waals surface area contributed by atoms with Crippen molar-refractivity contribution in [2.24, 2.45) is 11.3 Å². The molecule has 19 heavy (non-hydrogen) atoms. The summed E-state index contributed by atoms with van der Waals surface area (Å²) in [6.45, 7) is 1.02. The molecule has 0 unspecified atom stereocenters. The van der Waals surface area contributed by atoms with Gasteiger partial charge in [0.25, 0.3) is 0 Å². The van der Waals surface area contributed by atoms with Crippen molar-refractivity contribution in [1.29, 1.82) is 0 Å². The zero-order chi connectivity index (χ0) is 12.9. The normalized spacial score (nSPS) is 20.4. The highest BCUT2D eigenvalue weighted by atomic mass is 32.1. The van der Waals surface area contributed by atoms with Gasteiger partial charge in [0.05, 0.1) is 0 Å². The second kappa shape index (κ2) is 4.00. The Bertz CT molecular complexity index is 650. The molecule has 0 atom stereocenters. The molecular weight excluding hydrogens is 256 g/mol. The number of pyridine rings is 1. The van der Waals surface area contributed by atoms with E-state index in [-0.39, 0.29) is 0 Å². The molecule has 0 spiro atoms. The Morgan fingerprint density at radius 3 is 2.68 bits per heavy atom. The largest absolute Gasteiger partial charge is 0.300 e. The van der Waals surface area contributed by atoms with Gasteiger partial charge in [-0.3, -0.25) is 14.6 Å². The molecule has 2 fully saturated rings. The highest BCUT2D eigenvalue weighted by Gasteiger charge is 2.54. The van der Waals surface area contributed by atoms with E-state index in [0.29, 0.717) is 5.41 Å². The van der Waals surface area contributed by atoms with Crippen molar-refractivity contribution < 1.29 is 0 Å². The summed E-state index contributed by atoms with van der Waals surface area (Å²) >= 11 is 5.40. The van der Waals surface area contributed by atoms with E-state index in [1.54, 1.807) is 12.4 Å². The molecular formula is C14H16N4S. The molecule has 2 aliphatic carbocycles. The van der Waals surface area contributed by atoms with E-state index in [4.69, 9.17) is 12.2 Å². The Hall–Kier alpha value is -1.49. The van der Waals surface area contributed by atoms with Crippen LogP contribution in [0.3, 0.4) is 0 Å². The van der Waals surface area contributed by atoms with Crippen molar-refractivity contribution in [2.75, 3.05) is 0 Å². The Morgan fingerprint density at radius 1 is 1.32 bits per heavy atom. The highest BCUT2D eigenvalue weighted by Crippen LogP contribution is 2.62. The van der Waals surface area contributed by atoms with Gasteiger partial charge >= 0.3 is 0 Å². The molecule has 2 saturated carbocycles. The van der Waals surface area contributed by atoms with E-state index < -0.39 is 0 Å². The van der Waals surface area contributed by atoms with Crippen LogP contribution in [0.4, 0.5) is 0 Å². The summed E-state index contributed by atoms with van der Waals surface area (Å²) in [5, 5.41) is 7.34. The Labute approximate surface area is 116 Å². The summed E-state index contributed by atoms with van der Waals surface area (Å²) in [6, 6.07) is 3.97. The molecule has 4 nitrogen and oxygen atoms in total. The standard InChI is InChI=1S/C14H16N4S/c19-13-17-16-12(10-3-7-15-8-4-10)18(13)9-14(5-6-14)11-1-2-11/h3-4,7-8,11H,1-2,5-6,9H2,(H,17,19). The lowest BCUT2D eigenvalue weighted by atomic mass is 10.0. The summed E-state index contributed by atoms with van der Waals surface area (Å²) in [5.41, 5.74) is 1.60. The third-order valence-corrected chi connectivity index (χ3v) is 4.82. The van der Waals surface area contributed by atoms with Crippen LogP contribution in [0.15, 0.2) is 24.5 Å². The minimum absolute atomic E-state index is 0.518. The maximum absolute atomic E-state index is 5.40. The fraction of sp³-hybridized carbons (Fsp3) is 0.500. The van der Waals surface area contributed by atoms with Crippen LogP contribution >= 0.6 is 12.2 Å². The first-order chi connectivity index (χ1) is 9.28. The van der Waals surface area contributed by atoms with Crippen LogP contribution in [-0.2, 0) is 6.54 Å². The van der Waals surface area contributed by atoms with Crippen molar-refractivity contribution >= 4 is 12.2 Å². The zero-order valence-corrected chi connectivity index (χ0v) is 11.5. The monoisotopic (exact) mass is 272 g/mol. The van der Waals surface area contributed by atoms with Gasteiger partial charge in [0.15, 0.2) is 10.6 Å². The van der Waals surface area contributed by atoms with Gasteiger partial charge in [0.2, 0.25) is 0 Å². The summed E-state index contributed by atoms with van der Waals surface area (Å²) in [6.07, 6.45) is 9.09. The molecule has 2 aliphatic rings. The summed E-state index contributed by atoms with van der Waals surface area (Å²) in [5.74, 6) is 1.87. The van der Waals surface area contributed by atoms with E-state index in [2.05, 4.69) is 19.7 Å². The lowest BCUT2D eigenvalue weighted by molar-refractivity contribution is 0.369. The number of hydrogen-bond donors (Lipinski definition) is 1. The fourth-order valence-corrected chi connectivity index (χ4v) is 3.25. The van der Waals surface area contributed by atoms with Gasteiger partial charge in [-0.1, -0.05) is 0 Å². The van der Waals surface area contributed by atoms with Crippen LogP contribution in [-0.4, -0.2) is 19.7 Å². The number of aromatic nitrogens is 4. The molecule has 4 rings (SSSR count). The smallest absolute Gasteiger partial charge is 0.195 e. The topological polar surface area (TPSA) is 46.5 Å². The Morgan fingerprint density at radius 2 is 2.05 bits per heavy atom. The zero-order valence-electron chi connectivity index (χ0n) is 10.7. The van der Waals surface area contributed by atoms with E-state index in [9.17, 15) is 0 Å². The predicted molar refractivity (Wildman–Crippen MR) is 75.0 cm³/mol. The molecule has 2 aromatic rings.